The number of nitrogens with zero attached hydrogens (tertiary/aromatic N) is 2. The minimum atomic E-state index is -0.742. The second-order valence-corrected chi connectivity index (χ2v) is 4.11. The van der Waals surface area contributed by atoms with Crippen LogP contribution in [0.1, 0.15) is 24.4 Å². The van der Waals surface area contributed by atoms with Gasteiger partial charge in [-0.05, 0) is 37.3 Å². The van der Waals surface area contributed by atoms with Crippen LogP contribution in [0.25, 0.3) is 0 Å². The molecule has 2 aromatic rings. The summed E-state index contributed by atoms with van der Waals surface area (Å²) in [6, 6.07) is 7.97. The molecule has 1 aromatic carbocycles. The summed E-state index contributed by atoms with van der Waals surface area (Å²) in [6.45, 7) is 1.36. The van der Waals surface area contributed by atoms with E-state index < -0.39 is 6.10 Å². The van der Waals surface area contributed by atoms with Gasteiger partial charge in [-0.1, -0.05) is 0 Å². The van der Waals surface area contributed by atoms with Gasteiger partial charge in [-0.25, -0.2) is 9.97 Å². The number of phenolic OH excluding ortho intramolecular Hbond substituents is 1. The standard InChI is InChI=1S/C13H15N3O3/c1-8(18)12-6-10(7-17)15-13(16-12)14-9-2-4-11(19)5-3-9/h2-6,8,17-19H,7H2,1H3,(H,14,15,16). The van der Waals surface area contributed by atoms with Gasteiger partial charge in [0, 0.05) is 5.69 Å². The van der Waals surface area contributed by atoms with Crippen LogP contribution in [0.15, 0.2) is 30.3 Å². The van der Waals surface area contributed by atoms with Gasteiger partial charge in [0.2, 0.25) is 5.95 Å². The van der Waals surface area contributed by atoms with Crippen molar-refractivity contribution >= 4 is 11.6 Å². The van der Waals surface area contributed by atoms with Crippen LogP contribution in [-0.4, -0.2) is 25.3 Å². The Hall–Kier alpha value is -2.18. The fourth-order valence-electron chi connectivity index (χ4n) is 1.54. The highest BCUT2D eigenvalue weighted by Gasteiger charge is 2.08. The molecule has 0 radical (unpaired) electrons. The van der Waals surface area contributed by atoms with Crippen molar-refractivity contribution in [2.45, 2.75) is 19.6 Å². The lowest BCUT2D eigenvalue weighted by atomic mass is 10.2. The number of nitrogens with one attached hydrogen (secondary N) is 1. The van der Waals surface area contributed by atoms with Crippen LogP contribution < -0.4 is 5.32 Å². The quantitative estimate of drug-likeness (QED) is 0.622. The van der Waals surface area contributed by atoms with E-state index in [4.69, 9.17) is 5.11 Å². The summed E-state index contributed by atoms with van der Waals surface area (Å²) in [5.41, 5.74) is 1.55. The number of aliphatic hydroxyl groups is 2. The first kappa shape index (κ1) is 13.3. The topological polar surface area (TPSA) is 98.5 Å². The highest BCUT2D eigenvalue weighted by molar-refractivity contribution is 5.54. The van der Waals surface area contributed by atoms with E-state index in [0.29, 0.717) is 17.1 Å². The Balaban J connectivity index is 2.28. The zero-order valence-corrected chi connectivity index (χ0v) is 10.4. The van der Waals surface area contributed by atoms with Crippen molar-refractivity contribution in [1.82, 2.24) is 9.97 Å². The first-order valence-electron chi connectivity index (χ1n) is 5.81. The molecule has 1 atom stereocenters. The second kappa shape index (κ2) is 5.64. The number of hydrogen-bond acceptors (Lipinski definition) is 6. The third-order valence-electron chi connectivity index (χ3n) is 2.51. The van der Waals surface area contributed by atoms with E-state index in [1.165, 1.54) is 12.1 Å². The number of aliphatic hydroxyl groups excluding tert-OH is 2. The zero-order valence-electron chi connectivity index (χ0n) is 10.4. The molecule has 0 aliphatic rings. The molecule has 0 saturated carbocycles. The van der Waals surface area contributed by atoms with Crippen molar-refractivity contribution in [3.8, 4) is 5.75 Å². The third kappa shape index (κ3) is 3.40. The Morgan fingerprint density at radius 1 is 1.21 bits per heavy atom. The van der Waals surface area contributed by atoms with Crippen LogP contribution >= 0.6 is 0 Å². The maximum absolute atomic E-state index is 9.54. The lowest BCUT2D eigenvalue weighted by Gasteiger charge is -2.10. The van der Waals surface area contributed by atoms with Crippen LogP contribution in [0.4, 0.5) is 11.6 Å². The molecule has 1 heterocycles. The Bertz CT molecular complexity index is 556. The van der Waals surface area contributed by atoms with E-state index in [9.17, 15) is 10.2 Å². The zero-order chi connectivity index (χ0) is 13.8. The van der Waals surface area contributed by atoms with Crippen molar-refractivity contribution in [3.63, 3.8) is 0 Å². The van der Waals surface area contributed by atoms with Gasteiger partial charge in [0.1, 0.15) is 5.75 Å². The molecule has 0 amide bonds. The van der Waals surface area contributed by atoms with Gasteiger partial charge in [0.25, 0.3) is 0 Å². The largest absolute Gasteiger partial charge is 0.508 e. The predicted molar refractivity (Wildman–Crippen MR) is 70.0 cm³/mol. The van der Waals surface area contributed by atoms with Crippen molar-refractivity contribution in [1.29, 1.82) is 0 Å². The highest BCUT2D eigenvalue weighted by atomic mass is 16.3. The van der Waals surface area contributed by atoms with E-state index in [0.717, 1.165) is 0 Å². The molecule has 0 bridgehead atoms. The molecular weight excluding hydrogens is 246 g/mol. The fourth-order valence-corrected chi connectivity index (χ4v) is 1.54. The van der Waals surface area contributed by atoms with Gasteiger partial charge in [-0.3, -0.25) is 0 Å². The molecule has 19 heavy (non-hydrogen) atoms. The van der Waals surface area contributed by atoms with Gasteiger partial charge >= 0.3 is 0 Å². The molecule has 4 N–H and O–H groups in total. The van der Waals surface area contributed by atoms with E-state index >= 15 is 0 Å². The van der Waals surface area contributed by atoms with Gasteiger partial charge in [-0.2, -0.15) is 0 Å². The van der Waals surface area contributed by atoms with E-state index in [1.807, 2.05) is 0 Å². The summed E-state index contributed by atoms with van der Waals surface area (Å²) in [4.78, 5) is 8.26. The van der Waals surface area contributed by atoms with E-state index in [-0.39, 0.29) is 18.3 Å². The summed E-state index contributed by atoms with van der Waals surface area (Å²) in [5.74, 6) is 0.452. The van der Waals surface area contributed by atoms with Gasteiger partial charge in [0.15, 0.2) is 0 Å². The molecule has 1 aromatic heterocycles. The lowest BCUT2D eigenvalue weighted by molar-refractivity contribution is 0.193. The molecule has 1 unspecified atom stereocenters. The number of benzene rings is 1. The summed E-state index contributed by atoms with van der Waals surface area (Å²) in [5, 5.41) is 30.8. The monoisotopic (exact) mass is 261 g/mol. The average molecular weight is 261 g/mol. The van der Waals surface area contributed by atoms with Crippen LogP contribution in [0.5, 0.6) is 5.75 Å². The Morgan fingerprint density at radius 2 is 1.89 bits per heavy atom. The maximum Gasteiger partial charge on any atom is 0.227 e. The number of hydrogen-bond donors (Lipinski definition) is 4. The molecule has 2 rings (SSSR count). The van der Waals surface area contributed by atoms with E-state index in [2.05, 4.69) is 15.3 Å². The Kier molecular flexibility index (Phi) is 3.94. The Labute approximate surface area is 110 Å². The van der Waals surface area contributed by atoms with Crippen LogP contribution in [-0.2, 0) is 6.61 Å². The van der Waals surface area contributed by atoms with Gasteiger partial charge in [-0.15, -0.1) is 0 Å². The number of aromatic hydroxyl groups is 1. The number of phenols is 1. The first-order valence-corrected chi connectivity index (χ1v) is 5.81. The summed E-state index contributed by atoms with van der Waals surface area (Å²) >= 11 is 0. The molecule has 0 saturated heterocycles. The van der Waals surface area contributed by atoms with Crippen molar-refractivity contribution < 1.29 is 15.3 Å². The summed E-state index contributed by atoms with van der Waals surface area (Å²) < 4.78 is 0. The first-order chi connectivity index (χ1) is 9.08. The highest BCUT2D eigenvalue weighted by Crippen LogP contribution is 2.19. The molecule has 0 fully saturated rings. The van der Waals surface area contributed by atoms with Gasteiger partial charge in [0.05, 0.1) is 24.1 Å². The summed E-state index contributed by atoms with van der Waals surface area (Å²) in [7, 11) is 0. The smallest absolute Gasteiger partial charge is 0.227 e. The average Bonchev–Trinajstić information content (AvgIpc) is 2.41. The molecular formula is C13H15N3O3. The second-order valence-electron chi connectivity index (χ2n) is 4.11. The van der Waals surface area contributed by atoms with Crippen molar-refractivity contribution in [3.05, 3.63) is 41.7 Å². The molecule has 6 heteroatoms. The molecule has 0 aliphatic heterocycles. The molecule has 100 valence electrons. The predicted octanol–water partition coefficient (Wildman–Crippen LogP) is 1.47. The molecule has 6 nitrogen and oxygen atoms in total. The fraction of sp³-hybridized carbons (Fsp3) is 0.231. The van der Waals surface area contributed by atoms with E-state index in [1.54, 1.807) is 25.1 Å². The lowest BCUT2D eigenvalue weighted by Crippen LogP contribution is -2.05. The number of aromatic nitrogens is 2. The minimum Gasteiger partial charge on any atom is -0.508 e. The van der Waals surface area contributed by atoms with Crippen LogP contribution in [0, 0.1) is 0 Å². The summed E-state index contributed by atoms with van der Waals surface area (Å²) in [6.07, 6.45) is -0.742. The number of anilines is 2. The maximum atomic E-state index is 9.54. The van der Waals surface area contributed by atoms with Gasteiger partial charge < -0.3 is 20.6 Å². The van der Waals surface area contributed by atoms with Crippen LogP contribution in [0.2, 0.25) is 0 Å². The Morgan fingerprint density at radius 3 is 2.47 bits per heavy atom. The van der Waals surface area contributed by atoms with Crippen molar-refractivity contribution in [2.24, 2.45) is 0 Å². The van der Waals surface area contributed by atoms with Crippen molar-refractivity contribution in [2.75, 3.05) is 5.32 Å². The molecule has 0 spiro atoms. The minimum absolute atomic E-state index is 0.167. The SMILES string of the molecule is CC(O)c1cc(CO)nc(Nc2ccc(O)cc2)n1. The normalized spacial score (nSPS) is 12.2. The third-order valence-corrected chi connectivity index (χ3v) is 2.51. The molecule has 0 aliphatic carbocycles. The van der Waals surface area contributed by atoms with Crippen LogP contribution in [0.3, 0.4) is 0 Å². The number of rotatable bonds is 4.